The molecule has 0 amide bonds. The summed E-state index contributed by atoms with van der Waals surface area (Å²) in [5.41, 5.74) is 2.05. The lowest BCUT2D eigenvalue weighted by Crippen LogP contribution is -2.30. The molecule has 19 heavy (non-hydrogen) atoms. The maximum absolute atomic E-state index is 6.29. The van der Waals surface area contributed by atoms with E-state index in [2.05, 4.69) is 42.2 Å². The van der Waals surface area contributed by atoms with Crippen LogP contribution in [0, 0.1) is 0 Å². The molecule has 0 bridgehead atoms. The van der Waals surface area contributed by atoms with Crippen LogP contribution in [-0.4, -0.2) is 35.0 Å². The molecule has 102 valence electrons. The number of pyridine rings is 1. The second kappa shape index (κ2) is 6.60. The maximum atomic E-state index is 6.29. The van der Waals surface area contributed by atoms with Gasteiger partial charge in [0.25, 0.3) is 0 Å². The monoisotopic (exact) mass is 294 g/mol. The van der Waals surface area contributed by atoms with Gasteiger partial charge >= 0.3 is 0 Å². The first-order valence-corrected chi connectivity index (χ1v) is 8.12. The van der Waals surface area contributed by atoms with Gasteiger partial charge in [0, 0.05) is 29.3 Å². The number of thioether (sulfide) groups is 1. The molecular weight excluding hydrogens is 276 g/mol. The molecular formula is C15H19ClN2S. The van der Waals surface area contributed by atoms with Crippen molar-refractivity contribution in [2.24, 2.45) is 0 Å². The molecule has 1 aromatic carbocycles. The van der Waals surface area contributed by atoms with Gasteiger partial charge < -0.3 is 0 Å². The zero-order valence-corrected chi connectivity index (χ0v) is 13.1. The minimum absolute atomic E-state index is 0.525. The van der Waals surface area contributed by atoms with Crippen LogP contribution in [0.2, 0.25) is 5.15 Å². The Morgan fingerprint density at radius 1 is 1.37 bits per heavy atom. The zero-order chi connectivity index (χ0) is 13.8. The molecule has 0 saturated carbocycles. The summed E-state index contributed by atoms with van der Waals surface area (Å²) in [6, 6.07) is 10.8. The van der Waals surface area contributed by atoms with Crippen LogP contribution in [0.5, 0.6) is 0 Å². The smallest absolute Gasteiger partial charge is 0.134 e. The van der Waals surface area contributed by atoms with Crippen molar-refractivity contribution < 1.29 is 0 Å². The molecule has 0 aliphatic carbocycles. The van der Waals surface area contributed by atoms with Gasteiger partial charge in [-0.1, -0.05) is 29.8 Å². The number of rotatable bonds is 5. The van der Waals surface area contributed by atoms with Gasteiger partial charge in [0.2, 0.25) is 0 Å². The summed E-state index contributed by atoms with van der Waals surface area (Å²) >= 11 is 8.15. The molecule has 0 fully saturated rings. The zero-order valence-electron chi connectivity index (χ0n) is 11.6. The Balaban J connectivity index is 2.22. The number of hydrogen-bond donors (Lipinski definition) is 0. The molecule has 1 heterocycles. The van der Waals surface area contributed by atoms with E-state index in [1.54, 1.807) is 0 Å². The molecule has 0 spiro atoms. The van der Waals surface area contributed by atoms with Crippen LogP contribution in [0.4, 0.5) is 0 Å². The summed E-state index contributed by atoms with van der Waals surface area (Å²) in [7, 11) is 2.13. The first-order valence-electron chi connectivity index (χ1n) is 6.35. The molecule has 2 rings (SSSR count). The Morgan fingerprint density at radius 2 is 2.11 bits per heavy atom. The maximum Gasteiger partial charge on any atom is 0.134 e. The van der Waals surface area contributed by atoms with Crippen molar-refractivity contribution in [3.63, 3.8) is 0 Å². The Bertz CT molecular complexity index is 559. The van der Waals surface area contributed by atoms with Crippen LogP contribution in [0.3, 0.4) is 0 Å². The van der Waals surface area contributed by atoms with Crippen LogP contribution in [0.1, 0.15) is 12.5 Å². The lowest BCUT2D eigenvalue weighted by atomic mass is 10.1. The summed E-state index contributed by atoms with van der Waals surface area (Å²) in [6.45, 7) is 3.07. The third-order valence-electron chi connectivity index (χ3n) is 3.33. The van der Waals surface area contributed by atoms with Crippen LogP contribution in [0.15, 0.2) is 30.3 Å². The fourth-order valence-corrected chi connectivity index (χ4v) is 2.98. The number of benzene rings is 1. The van der Waals surface area contributed by atoms with Gasteiger partial charge in [0.05, 0.1) is 5.52 Å². The van der Waals surface area contributed by atoms with Gasteiger partial charge in [0.15, 0.2) is 0 Å². The van der Waals surface area contributed by atoms with Crippen molar-refractivity contribution in [3.8, 4) is 0 Å². The second-order valence-corrected chi connectivity index (χ2v) is 6.12. The summed E-state index contributed by atoms with van der Waals surface area (Å²) < 4.78 is 0. The van der Waals surface area contributed by atoms with E-state index in [0.717, 1.165) is 28.8 Å². The first-order chi connectivity index (χ1) is 9.11. The lowest BCUT2D eigenvalue weighted by Gasteiger charge is -2.24. The molecule has 0 saturated heterocycles. The van der Waals surface area contributed by atoms with Gasteiger partial charge in [-0.05, 0) is 32.4 Å². The van der Waals surface area contributed by atoms with Crippen LogP contribution in [0.25, 0.3) is 10.9 Å². The number of aromatic nitrogens is 1. The number of fused-ring (bicyclic) bond motifs is 1. The minimum Gasteiger partial charge on any atom is -0.299 e. The minimum atomic E-state index is 0.525. The van der Waals surface area contributed by atoms with Gasteiger partial charge in [-0.15, -0.1) is 0 Å². The number of para-hydroxylation sites is 1. The highest BCUT2D eigenvalue weighted by molar-refractivity contribution is 7.98. The first kappa shape index (κ1) is 14.6. The van der Waals surface area contributed by atoms with Crippen LogP contribution >= 0.6 is 23.4 Å². The standard InChI is InChI=1S/C15H19ClN2S/c1-11(10-19-3)18(2)9-13-8-12-6-4-5-7-14(12)17-15(13)16/h4-8,11H,9-10H2,1-3H3. The molecule has 2 aromatic rings. The highest BCUT2D eigenvalue weighted by atomic mass is 35.5. The molecule has 1 unspecified atom stereocenters. The molecule has 1 aromatic heterocycles. The molecule has 1 atom stereocenters. The van der Waals surface area contributed by atoms with Gasteiger partial charge in [-0.25, -0.2) is 4.98 Å². The van der Waals surface area contributed by atoms with E-state index in [9.17, 15) is 0 Å². The Labute approximate surface area is 124 Å². The third-order valence-corrected chi connectivity index (χ3v) is 4.47. The molecule has 4 heteroatoms. The SMILES string of the molecule is CSCC(C)N(C)Cc1cc2ccccc2nc1Cl. The van der Waals surface area contributed by atoms with E-state index in [4.69, 9.17) is 11.6 Å². The van der Waals surface area contributed by atoms with Crippen molar-refractivity contribution in [2.75, 3.05) is 19.1 Å². The van der Waals surface area contributed by atoms with E-state index < -0.39 is 0 Å². The summed E-state index contributed by atoms with van der Waals surface area (Å²) in [4.78, 5) is 6.78. The number of hydrogen-bond acceptors (Lipinski definition) is 3. The van der Waals surface area contributed by atoms with E-state index in [0.29, 0.717) is 11.2 Å². The topological polar surface area (TPSA) is 16.1 Å². The largest absolute Gasteiger partial charge is 0.299 e. The van der Waals surface area contributed by atoms with E-state index >= 15 is 0 Å². The second-order valence-electron chi connectivity index (χ2n) is 4.85. The Morgan fingerprint density at radius 3 is 2.84 bits per heavy atom. The van der Waals surface area contributed by atoms with Gasteiger partial charge in [-0.3, -0.25) is 4.90 Å². The molecule has 0 aliphatic heterocycles. The fraction of sp³-hybridized carbons (Fsp3) is 0.400. The average molecular weight is 295 g/mol. The fourth-order valence-electron chi connectivity index (χ4n) is 2.04. The molecule has 0 N–H and O–H groups in total. The highest BCUT2D eigenvalue weighted by Gasteiger charge is 2.12. The quantitative estimate of drug-likeness (QED) is 0.773. The normalized spacial score (nSPS) is 13.1. The van der Waals surface area contributed by atoms with Gasteiger partial charge in [-0.2, -0.15) is 11.8 Å². The highest BCUT2D eigenvalue weighted by Crippen LogP contribution is 2.22. The van der Waals surface area contributed by atoms with E-state index in [1.165, 1.54) is 0 Å². The van der Waals surface area contributed by atoms with Gasteiger partial charge in [0.1, 0.15) is 5.15 Å². The number of nitrogens with zero attached hydrogens (tertiary/aromatic N) is 2. The molecule has 0 radical (unpaired) electrons. The van der Waals surface area contributed by atoms with E-state index in [1.807, 2.05) is 30.0 Å². The van der Waals surface area contributed by atoms with Crippen molar-refractivity contribution in [1.29, 1.82) is 0 Å². The summed E-state index contributed by atoms with van der Waals surface area (Å²) in [5, 5.41) is 1.76. The number of halogens is 1. The van der Waals surface area contributed by atoms with Crippen molar-refractivity contribution >= 4 is 34.3 Å². The Kier molecular flexibility index (Phi) is 5.08. The van der Waals surface area contributed by atoms with E-state index in [-0.39, 0.29) is 0 Å². The molecule has 2 nitrogen and oxygen atoms in total. The predicted octanol–water partition coefficient (Wildman–Crippen LogP) is 4.07. The van der Waals surface area contributed by atoms with Crippen molar-refractivity contribution in [3.05, 3.63) is 41.0 Å². The lowest BCUT2D eigenvalue weighted by molar-refractivity contribution is 0.269. The Hall–Kier alpha value is -0.770. The summed E-state index contributed by atoms with van der Waals surface area (Å²) in [5.74, 6) is 1.12. The third kappa shape index (κ3) is 3.62. The van der Waals surface area contributed by atoms with Crippen LogP contribution < -0.4 is 0 Å². The summed E-state index contributed by atoms with van der Waals surface area (Å²) in [6.07, 6.45) is 2.13. The predicted molar refractivity (Wildman–Crippen MR) is 86.1 cm³/mol. The average Bonchev–Trinajstić information content (AvgIpc) is 2.39. The van der Waals surface area contributed by atoms with Crippen molar-refractivity contribution in [1.82, 2.24) is 9.88 Å². The van der Waals surface area contributed by atoms with Crippen LogP contribution in [-0.2, 0) is 6.54 Å². The molecule has 0 aliphatic rings. The van der Waals surface area contributed by atoms with Crippen molar-refractivity contribution in [2.45, 2.75) is 19.5 Å².